The van der Waals surface area contributed by atoms with Crippen LogP contribution in [0.25, 0.3) is 0 Å². The lowest BCUT2D eigenvalue weighted by atomic mass is 10.2. The maximum absolute atomic E-state index is 11.5. The van der Waals surface area contributed by atoms with Gasteiger partial charge in [-0.2, -0.15) is 4.98 Å². The van der Waals surface area contributed by atoms with Crippen LogP contribution in [-0.2, 0) is 6.42 Å². The second-order valence-corrected chi connectivity index (χ2v) is 4.36. The molecule has 1 aromatic heterocycles. The zero-order valence-electron chi connectivity index (χ0n) is 11.6. The predicted octanol–water partition coefficient (Wildman–Crippen LogP) is 1.78. The highest BCUT2D eigenvalue weighted by Gasteiger charge is 2.13. The fourth-order valence-electron chi connectivity index (χ4n) is 1.76. The van der Waals surface area contributed by atoms with E-state index in [0.717, 1.165) is 5.69 Å². The van der Waals surface area contributed by atoms with Crippen molar-refractivity contribution in [1.29, 1.82) is 0 Å². The second kappa shape index (κ2) is 6.70. The summed E-state index contributed by atoms with van der Waals surface area (Å²) in [5, 5.41) is 9.57. The minimum atomic E-state index is -0.311. The topological polar surface area (TPSA) is 80.0 Å². The number of carbonyl (C=O) groups is 1. The Hall–Kier alpha value is -2.37. The molecule has 0 saturated carbocycles. The van der Waals surface area contributed by atoms with Gasteiger partial charge in [-0.15, -0.1) is 0 Å². The lowest BCUT2D eigenvalue weighted by Gasteiger charge is -2.07. The number of aromatic nitrogens is 2. The van der Waals surface area contributed by atoms with Gasteiger partial charge < -0.3 is 15.2 Å². The zero-order valence-corrected chi connectivity index (χ0v) is 11.6. The number of benzene rings is 1. The van der Waals surface area contributed by atoms with Gasteiger partial charge in [-0.3, -0.25) is 4.79 Å². The average Bonchev–Trinajstić information content (AvgIpc) is 2.90. The van der Waals surface area contributed by atoms with Crippen molar-refractivity contribution < 1.29 is 9.32 Å². The summed E-state index contributed by atoms with van der Waals surface area (Å²) in [5.74, 6) is 0.222. The number of aryl methyl sites for hydroxylation is 1. The summed E-state index contributed by atoms with van der Waals surface area (Å²) < 4.78 is 5.04. The largest absolute Gasteiger partial charge is 0.384 e. The van der Waals surface area contributed by atoms with Crippen LogP contribution in [0.15, 0.2) is 28.8 Å². The molecule has 20 heavy (non-hydrogen) atoms. The van der Waals surface area contributed by atoms with Gasteiger partial charge in [0.1, 0.15) is 0 Å². The van der Waals surface area contributed by atoms with Crippen molar-refractivity contribution in [3.8, 4) is 0 Å². The number of nitrogens with zero attached hydrogens (tertiary/aromatic N) is 2. The number of hydrogen-bond donors (Lipinski definition) is 2. The first-order valence-electron chi connectivity index (χ1n) is 6.61. The number of nitrogens with one attached hydrogen (secondary N) is 2. The highest BCUT2D eigenvalue weighted by Crippen LogP contribution is 2.12. The molecule has 6 heteroatoms. The molecule has 106 valence electrons. The molecule has 6 nitrogen and oxygen atoms in total. The molecule has 2 aromatic rings. The van der Waals surface area contributed by atoms with Gasteiger partial charge in [0.2, 0.25) is 5.89 Å². The number of para-hydroxylation sites is 1. The van der Waals surface area contributed by atoms with E-state index < -0.39 is 0 Å². The van der Waals surface area contributed by atoms with Gasteiger partial charge in [0.15, 0.2) is 0 Å². The molecule has 0 aliphatic rings. The first-order valence-corrected chi connectivity index (χ1v) is 6.61. The van der Waals surface area contributed by atoms with Gasteiger partial charge in [-0.25, -0.2) is 0 Å². The quantitative estimate of drug-likeness (QED) is 0.839. The fourth-order valence-corrected chi connectivity index (χ4v) is 1.76. The van der Waals surface area contributed by atoms with Crippen LogP contribution in [-0.4, -0.2) is 29.1 Å². The van der Waals surface area contributed by atoms with E-state index in [1.54, 1.807) is 0 Å². The first-order chi connectivity index (χ1) is 9.70. The summed E-state index contributed by atoms with van der Waals surface area (Å²) in [5.41, 5.74) is 2.26. The van der Waals surface area contributed by atoms with E-state index in [-0.39, 0.29) is 11.7 Å². The van der Waals surface area contributed by atoms with Crippen molar-refractivity contribution in [3.63, 3.8) is 0 Å². The van der Waals surface area contributed by atoms with E-state index in [2.05, 4.69) is 20.8 Å². The van der Waals surface area contributed by atoms with Crippen molar-refractivity contribution in [2.75, 3.05) is 18.4 Å². The third-order valence-corrected chi connectivity index (χ3v) is 2.81. The molecule has 0 spiro atoms. The van der Waals surface area contributed by atoms with Crippen LogP contribution < -0.4 is 10.6 Å². The van der Waals surface area contributed by atoms with Crippen molar-refractivity contribution >= 4 is 11.6 Å². The normalized spacial score (nSPS) is 10.3. The van der Waals surface area contributed by atoms with Crippen LogP contribution in [0.3, 0.4) is 0 Å². The zero-order chi connectivity index (χ0) is 14.4. The Morgan fingerprint density at radius 3 is 2.90 bits per heavy atom. The number of rotatable bonds is 6. The Balaban J connectivity index is 1.86. The standard InChI is InChI=1S/C14H18N4O2/c1-3-15-14(19)13-17-12(20-18-13)8-9-16-11-7-5-4-6-10(11)2/h4-7,16H,3,8-9H2,1-2H3,(H,15,19). The Morgan fingerprint density at radius 1 is 1.35 bits per heavy atom. The smallest absolute Gasteiger partial charge is 0.292 e. The van der Waals surface area contributed by atoms with Crippen molar-refractivity contribution in [1.82, 2.24) is 15.5 Å². The molecule has 0 atom stereocenters. The second-order valence-electron chi connectivity index (χ2n) is 4.36. The van der Waals surface area contributed by atoms with E-state index >= 15 is 0 Å². The average molecular weight is 274 g/mol. The first kappa shape index (κ1) is 14.0. The summed E-state index contributed by atoms with van der Waals surface area (Å²) in [6.07, 6.45) is 0.570. The summed E-state index contributed by atoms with van der Waals surface area (Å²) >= 11 is 0. The number of anilines is 1. The van der Waals surface area contributed by atoms with Gasteiger partial charge in [0.05, 0.1) is 0 Å². The molecule has 0 radical (unpaired) electrons. The van der Waals surface area contributed by atoms with E-state index in [1.807, 2.05) is 38.1 Å². The van der Waals surface area contributed by atoms with Crippen molar-refractivity contribution in [3.05, 3.63) is 41.5 Å². The molecule has 0 unspecified atom stereocenters. The summed E-state index contributed by atoms with van der Waals surface area (Å²) in [6.45, 7) is 5.09. The molecular formula is C14H18N4O2. The third-order valence-electron chi connectivity index (χ3n) is 2.81. The van der Waals surface area contributed by atoms with Gasteiger partial charge in [0, 0.05) is 25.2 Å². The van der Waals surface area contributed by atoms with Crippen molar-refractivity contribution in [2.45, 2.75) is 20.3 Å². The summed E-state index contributed by atoms with van der Waals surface area (Å²) in [6, 6.07) is 8.04. The molecule has 1 amide bonds. The number of hydrogen-bond acceptors (Lipinski definition) is 5. The van der Waals surface area contributed by atoms with Crippen LogP contribution in [0, 0.1) is 6.92 Å². The SMILES string of the molecule is CCNC(=O)c1noc(CCNc2ccccc2C)n1. The maximum Gasteiger partial charge on any atom is 0.292 e. The van der Waals surface area contributed by atoms with Gasteiger partial charge in [-0.1, -0.05) is 23.4 Å². The van der Waals surface area contributed by atoms with E-state index in [9.17, 15) is 4.79 Å². The fraction of sp³-hybridized carbons (Fsp3) is 0.357. The molecule has 0 saturated heterocycles. The Kier molecular flexibility index (Phi) is 4.70. The van der Waals surface area contributed by atoms with Gasteiger partial charge in [0.25, 0.3) is 11.7 Å². The number of carbonyl (C=O) groups excluding carboxylic acids is 1. The monoisotopic (exact) mass is 274 g/mol. The molecule has 2 rings (SSSR count). The van der Waals surface area contributed by atoms with Crippen molar-refractivity contribution in [2.24, 2.45) is 0 Å². The number of amides is 1. The Bertz CT molecular complexity index is 580. The van der Waals surface area contributed by atoms with E-state index in [0.29, 0.717) is 25.4 Å². The molecule has 1 aromatic carbocycles. The van der Waals surface area contributed by atoms with Gasteiger partial charge >= 0.3 is 0 Å². The molecule has 0 aliphatic heterocycles. The minimum Gasteiger partial charge on any atom is -0.384 e. The Labute approximate surface area is 117 Å². The van der Waals surface area contributed by atoms with Crippen LogP contribution in [0.4, 0.5) is 5.69 Å². The molecule has 0 fully saturated rings. The van der Waals surface area contributed by atoms with E-state index in [1.165, 1.54) is 5.56 Å². The molecule has 1 heterocycles. The molecule has 0 bridgehead atoms. The van der Waals surface area contributed by atoms with E-state index in [4.69, 9.17) is 4.52 Å². The van der Waals surface area contributed by atoms with Crippen LogP contribution >= 0.6 is 0 Å². The van der Waals surface area contributed by atoms with Crippen LogP contribution in [0.5, 0.6) is 0 Å². The maximum atomic E-state index is 11.5. The lowest BCUT2D eigenvalue weighted by molar-refractivity contribution is 0.0942. The lowest BCUT2D eigenvalue weighted by Crippen LogP contribution is -2.23. The van der Waals surface area contributed by atoms with Crippen LogP contribution in [0.2, 0.25) is 0 Å². The highest BCUT2D eigenvalue weighted by molar-refractivity contribution is 5.90. The molecule has 0 aliphatic carbocycles. The summed E-state index contributed by atoms with van der Waals surface area (Å²) in [4.78, 5) is 15.5. The van der Waals surface area contributed by atoms with Gasteiger partial charge in [-0.05, 0) is 25.5 Å². The highest BCUT2D eigenvalue weighted by atomic mass is 16.5. The molecular weight excluding hydrogens is 256 g/mol. The van der Waals surface area contributed by atoms with Crippen LogP contribution in [0.1, 0.15) is 29.0 Å². The summed E-state index contributed by atoms with van der Waals surface area (Å²) in [7, 11) is 0. The Morgan fingerprint density at radius 2 is 2.15 bits per heavy atom. The molecule has 2 N–H and O–H groups in total. The minimum absolute atomic E-state index is 0.0812. The third kappa shape index (κ3) is 3.57. The predicted molar refractivity (Wildman–Crippen MR) is 75.7 cm³/mol.